The number of rotatable bonds is 2. The third-order valence-corrected chi connectivity index (χ3v) is 4.12. The normalized spacial score (nSPS) is 21.3. The van der Waals surface area contributed by atoms with Crippen LogP contribution in [0.15, 0.2) is 22.7 Å². The lowest BCUT2D eigenvalue weighted by Gasteiger charge is -2.14. The molecule has 0 aliphatic heterocycles. The molecule has 1 aliphatic rings. The Morgan fingerprint density at radius 2 is 2.18 bits per heavy atom. The zero-order valence-electron chi connectivity index (χ0n) is 9.72. The lowest BCUT2D eigenvalue weighted by Crippen LogP contribution is -2.08. The first kappa shape index (κ1) is 12.7. The molecule has 0 bridgehead atoms. The van der Waals surface area contributed by atoms with Crippen LogP contribution in [0.4, 0.5) is 4.39 Å². The monoisotopic (exact) mass is 298 g/mol. The number of carbonyl (C=O) groups excluding carboxylic acids is 1. The molecule has 17 heavy (non-hydrogen) atoms. The molecule has 1 nitrogen and oxygen atoms in total. The Hall–Kier alpha value is -0.700. The maximum absolute atomic E-state index is 13.2. The number of carbonyl (C=O) groups is 1. The lowest BCUT2D eigenvalue weighted by molar-refractivity contribution is -0.119. The van der Waals surface area contributed by atoms with E-state index in [1.807, 2.05) is 0 Å². The molecule has 1 aromatic carbocycles. The van der Waals surface area contributed by atoms with E-state index in [0.717, 1.165) is 42.1 Å². The molecule has 3 heteroatoms. The van der Waals surface area contributed by atoms with Crippen LogP contribution < -0.4 is 0 Å². The molecule has 92 valence electrons. The van der Waals surface area contributed by atoms with Gasteiger partial charge in [0.05, 0.1) is 0 Å². The highest BCUT2D eigenvalue weighted by Crippen LogP contribution is 2.27. The predicted octanol–water partition coefficient (Wildman–Crippen LogP) is 4.28. The molecular weight excluding hydrogens is 283 g/mol. The maximum Gasteiger partial charge on any atom is 0.133 e. The summed E-state index contributed by atoms with van der Waals surface area (Å²) in [4.78, 5) is 11.5. The van der Waals surface area contributed by atoms with Crippen molar-refractivity contribution in [1.82, 2.24) is 0 Å². The van der Waals surface area contributed by atoms with Crippen molar-refractivity contribution >= 4 is 21.7 Å². The van der Waals surface area contributed by atoms with E-state index in [9.17, 15) is 9.18 Å². The minimum Gasteiger partial charge on any atom is -0.300 e. The van der Waals surface area contributed by atoms with Gasteiger partial charge in [-0.05, 0) is 48.9 Å². The quantitative estimate of drug-likeness (QED) is 0.745. The fourth-order valence-electron chi connectivity index (χ4n) is 2.47. The number of ketones is 1. The van der Waals surface area contributed by atoms with Crippen molar-refractivity contribution in [3.8, 4) is 0 Å². The number of hydrogen-bond acceptors (Lipinski definition) is 1. The van der Waals surface area contributed by atoms with Gasteiger partial charge in [0, 0.05) is 17.3 Å². The molecule has 1 saturated carbocycles. The average molecular weight is 299 g/mol. The highest BCUT2D eigenvalue weighted by atomic mass is 79.9. The average Bonchev–Trinajstić information content (AvgIpc) is 2.48. The van der Waals surface area contributed by atoms with Crippen molar-refractivity contribution in [2.75, 3.05) is 0 Å². The van der Waals surface area contributed by atoms with Gasteiger partial charge in [0.15, 0.2) is 0 Å². The highest BCUT2D eigenvalue weighted by Gasteiger charge is 2.19. The Morgan fingerprint density at radius 3 is 3.00 bits per heavy atom. The van der Waals surface area contributed by atoms with Gasteiger partial charge in [-0.25, -0.2) is 4.39 Å². The fraction of sp³-hybridized carbons (Fsp3) is 0.500. The van der Waals surface area contributed by atoms with Crippen LogP contribution in [0.3, 0.4) is 0 Å². The third kappa shape index (κ3) is 3.63. The van der Waals surface area contributed by atoms with Crippen LogP contribution in [-0.2, 0) is 11.2 Å². The summed E-state index contributed by atoms with van der Waals surface area (Å²) in [6.45, 7) is 0. The highest BCUT2D eigenvalue weighted by molar-refractivity contribution is 9.10. The SMILES string of the molecule is O=C1CCCCC(Cc2cc(F)ccc2Br)C1. The van der Waals surface area contributed by atoms with Gasteiger partial charge in [-0.2, -0.15) is 0 Å². The van der Waals surface area contributed by atoms with E-state index in [4.69, 9.17) is 0 Å². The second kappa shape index (κ2) is 5.76. The molecule has 2 rings (SSSR count). The van der Waals surface area contributed by atoms with E-state index in [0.29, 0.717) is 18.1 Å². The van der Waals surface area contributed by atoms with Crippen molar-refractivity contribution in [3.05, 3.63) is 34.1 Å². The summed E-state index contributed by atoms with van der Waals surface area (Å²) in [7, 11) is 0. The first-order chi connectivity index (χ1) is 8.15. The summed E-state index contributed by atoms with van der Waals surface area (Å²) in [5.41, 5.74) is 0.977. The molecule has 0 heterocycles. The molecule has 1 aliphatic carbocycles. The van der Waals surface area contributed by atoms with Gasteiger partial charge < -0.3 is 0 Å². The third-order valence-electron chi connectivity index (χ3n) is 3.35. The van der Waals surface area contributed by atoms with Crippen molar-refractivity contribution in [3.63, 3.8) is 0 Å². The van der Waals surface area contributed by atoms with Crippen LogP contribution in [0.5, 0.6) is 0 Å². The second-order valence-corrected chi connectivity index (χ2v) is 5.65. The molecule has 0 amide bonds. The van der Waals surface area contributed by atoms with Gasteiger partial charge >= 0.3 is 0 Å². The van der Waals surface area contributed by atoms with E-state index < -0.39 is 0 Å². The molecule has 0 radical (unpaired) electrons. The fourth-order valence-corrected chi connectivity index (χ4v) is 2.87. The predicted molar refractivity (Wildman–Crippen MR) is 69.4 cm³/mol. The molecule has 0 saturated heterocycles. The summed E-state index contributed by atoms with van der Waals surface area (Å²) in [6.07, 6.45) is 5.38. The number of Topliss-reactive ketones (excluding diaryl/α,β-unsaturated/α-hetero) is 1. The van der Waals surface area contributed by atoms with E-state index >= 15 is 0 Å². The number of benzene rings is 1. The van der Waals surface area contributed by atoms with Crippen LogP contribution in [0.2, 0.25) is 0 Å². The van der Waals surface area contributed by atoms with Gasteiger partial charge in [0.2, 0.25) is 0 Å². The summed E-state index contributed by atoms with van der Waals surface area (Å²) < 4.78 is 14.1. The Balaban J connectivity index is 2.08. The molecular formula is C14H16BrFO. The zero-order valence-corrected chi connectivity index (χ0v) is 11.3. The second-order valence-electron chi connectivity index (χ2n) is 4.79. The van der Waals surface area contributed by atoms with Crippen LogP contribution in [-0.4, -0.2) is 5.78 Å². The van der Waals surface area contributed by atoms with Crippen LogP contribution in [0.25, 0.3) is 0 Å². The summed E-state index contributed by atoms with van der Waals surface area (Å²) in [5, 5.41) is 0. The summed E-state index contributed by atoms with van der Waals surface area (Å²) in [5.74, 6) is 0.534. The van der Waals surface area contributed by atoms with Crippen LogP contribution >= 0.6 is 15.9 Å². The van der Waals surface area contributed by atoms with E-state index in [1.54, 1.807) is 12.1 Å². The first-order valence-electron chi connectivity index (χ1n) is 6.11. The van der Waals surface area contributed by atoms with Gasteiger partial charge in [0.25, 0.3) is 0 Å². The van der Waals surface area contributed by atoms with Crippen LogP contribution in [0.1, 0.15) is 37.7 Å². The molecule has 1 atom stereocenters. The van der Waals surface area contributed by atoms with Crippen LogP contribution in [0, 0.1) is 11.7 Å². The summed E-state index contributed by atoms with van der Waals surface area (Å²) in [6, 6.07) is 4.76. The molecule has 0 N–H and O–H groups in total. The number of halogens is 2. The molecule has 0 aromatic heterocycles. The zero-order chi connectivity index (χ0) is 12.3. The Morgan fingerprint density at radius 1 is 1.35 bits per heavy atom. The van der Waals surface area contributed by atoms with Gasteiger partial charge in [-0.15, -0.1) is 0 Å². The van der Waals surface area contributed by atoms with Gasteiger partial charge in [-0.3, -0.25) is 4.79 Å². The molecule has 1 unspecified atom stereocenters. The van der Waals surface area contributed by atoms with E-state index in [1.165, 1.54) is 6.07 Å². The van der Waals surface area contributed by atoms with E-state index in [2.05, 4.69) is 15.9 Å². The van der Waals surface area contributed by atoms with E-state index in [-0.39, 0.29) is 5.82 Å². The number of hydrogen-bond donors (Lipinski definition) is 0. The maximum atomic E-state index is 13.2. The van der Waals surface area contributed by atoms with Crippen molar-refractivity contribution in [1.29, 1.82) is 0 Å². The van der Waals surface area contributed by atoms with Gasteiger partial charge in [0.1, 0.15) is 11.6 Å². The standard InChI is InChI=1S/C14H16BrFO/c15-14-6-5-12(16)9-11(14)7-10-3-1-2-4-13(17)8-10/h5-6,9-10H,1-4,7-8H2. The van der Waals surface area contributed by atoms with Crippen molar-refractivity contribution in [2.45, 2.75) is 38.5 Å². The minimum atomic E-state index is -0.205. The lowest BCUT2D eigenvalue weighted by atomic mass is 9.92. The largest absolute Gasteiger partial charge is 0.300 e. The summed E-state index contributed by atoms with van der Waals surface area (Å²) >= 11 is 3.44. The van der Waals surface area contributed by atoms with Gasteiger partial charge in [-0.1, -0.05) is 22.4 Å². The first-order valence-corrected chi connectivity index (χ1v) is 6.90. The topological polar surface area (TPSA) is 17.1 Å². The molecule has 1 fully saturated rings. The molecule has 0 spiro atoms. The Bertz CT molecular complexity index is 417. The smallest absolute Gasteiger partial charge is 0.133 e. The molecule has 1 aromatic rings. The Kier molecular flexibility index (Phi) is 4.32. The minimum absolute atomic E-state index is 0.205. The van der Waals surface area contributed by atoms with Crippen molar-refractivity contribution < 1.29 is 9.18 Å². The Labute approximate surface area is 110 Å². The van der Waals surface area contributed by atoms with Crippen molar-refractivity contribution in [2.24, 2.45) is 5.92 Å².